The van der Waals surface area contributed by atoms with Gasteiger partial charge in [-0.2, -0.15) is 0 Å². The van der Waals surface area contributed by atoms with Gasteiger partial charge in [-0.25, -0.2) is 4.39 Å². The molecule has 0 aliphatic heterocycles. The summed E-state index contributed by atoms with van der Waals surface area (Å²) in [5, 5.41) is 9.78. The Morgan fingerprint density at radius 2 is 1.64 bits per heavy atom. The van der Waals surface area contributed by atoms with Gasteiger partial charge in [-0.1, -0.05) is 0 Å². The van der Waals surface area contributed by atoms with Gasteiger partial charge < -0.3 is 14.6 Å². The Morgan fingerprint density at radius 1 is 1.03 bits per heavy atom. The van der Waals surface area contributed by atoms with Crippen molar-refractivity contribution < 1.29 is 41.7 Å². The first-order valence-corrected chi connectivity index (χ1v) is 9.95. The molecule has 6 nitrogen and oxygen atoms in total. The van der Waals surface area contributed by atoms with Gasteiger partial charge in [0.1, 0.15) is 5.75 Å². The van der Waals surface area contributed by atoms with Gasteiger partial charge in [0.2, 0.25) is 0 Å². The topological polar surface area (TPSA) is 77.8 Å². The van der Waals surface area contributed by atoms with Crippen LogP contribution in [0.25, 0.3) is 10.9 Å². The van der Waals surface area contributed by atoms with Gasteiger partial charge in [0.05, 0.1) is 17.5 Å². The summed E-state index contributed by atoms with van der Waals surface area (Å²) in [6.45, 7) is 6.31. The third kappa shape index (κ3) is 4.79. The van der Waals surface area contributed by atoms with Crippen LogP contribution in [0.2, 0.25) is 0 Å². The number of halogens is 4. The summed E-state index contributed by atoms with van der Waals surface area (Å²) in [6.07, 6.45) is -5.31. The van der Waals surface area contributed by atoms with Crippen LogP contribution in [0, 0.1) is 12.7 Å². The maximum absolute atomic E-state index is 15.0. The Labute approximate surface area is 186 Å². The van der Waals surface area contributed by atoms with Crippen molar-refractivity contribution in [2.24, 2.45) is 0 Å². The SMILES string of the molecule is Cc1c([C@@H](C)C(=O)OC(C)C)c2c(F)c(O)ccc2n1C(=O)c1ccc(OC(F)(F)F)cc1. The highest BCUT2D eigenvalue weighted by atomic mass is 19.4. The van der Waals surface area contributed by atoms with Crippen LogP contribution in [-0.4, -0.2) is 34.0 Å². The summed E-state index contributed by atoms with van der Waals surface area (Å²) in [6, 6.07) is 6.64. The number of benzene rings is 2. The van der Waals surface area contributed by atoms with Crippen molar-refractivity contribution in [3.05, 3.63) is 59.0 Å². The second-order valence-electron chi connectivity index (χ2n) is 7.71. The van der Waals surface area contributed by atoms with E-state index in [-0.39, 0.29) is 27.7 Å². The van der Waals surface area contributed by atoms with E-state index in [0.29, 0.717) is 0 Å². The van der Waals surface area contributed by atoms with E-state index in [4.69, 9.17) is 4.74 Å². The normalized spacial score (nSPS) is 12.8. The van der Waals surface area contributed by atoms with E-state index in [9.17, 15) is 32.3 Å². The molecular formula is C23H21F4NO5. The zero-order valence-corrected chi connectivity index (χ0v) is 18.2. The van der Waals surface area contributed by atoms with Gasteiger partial charge >= 0.3 is 12.3 Å². The molecule has 10 heteroatoms. The molecule has 0 unspecified atom stereocenters. The minimum Gasteiger partial charge on any atom is -0.505 e. The van der Waals surface area contributed by atoms with Gasteiger partial charge in [-0.05, 0) is 69.7 Å². The minimum atomic E-state index is -4.88. The number of nitrogens with zero attached hydrogens (tertiary/aromatic N) is 1. The number of ether oxygens (including phenoxy) is 2. The summed E-state index contributed by atoms with van der Waals surface area (Å²) in [7, 11) is 0. The van der Waals surface area contributed by atoms with Crippen LogP contribution in [-0.2, 0) is 9.53 Å². The fourth-order valence-corrected chi connectivity index (χ4v) is 3.65. The molecule has 0 aliphatic carbocycles. The van der Waals surface area contributed by atoms with Crippen molar-refractivity contribution in [1.82, 2.24) is 4.57 Å². The quantitative estimate of drug-likeness (QED) is 0.400. The van der Waals surface area contributed by atoms with Crippen LogP contribution in [0.1, 0.15) is 48.3 Å². The Bertz CT molecular complexity index is 1210. The largest absolute Gasteiger partial charge is 0.573 e. The third-order valence-corrected chi connectivity index (χ3v) is 5.01. The van der Waals surface area contributed by atoms with Crippen LogP contribution >= 0.6 is 0 Å². The molecule has 33 heavy (non-hydrogen) atoms. The molecule has 1 heterocycles. The van der Waals surface area contributed by atoms with Crippen LogP contribution in [0.3, 0.4) is 0 Å². The predicted molar refractivity (Wildman–Crippen MR) is 111 cm³/mol. The highest BCUT2D eigenvalue weighted by Crippen LogP contribution is 2.38. The summed E-state index contributed by atoms with van der Waals surface area (Å²) >= 11 is 0. The number of rotatable bonds is 5. The van der Waals surface area contributed by atoms with Gasteiger partial charge in [-0.15, -0.1) is 13.2 Å². The zero-order valence-electron chi connectivity index (χ0n) is 18.2. The summed E-state index contributed by atoms with van der Waals surface area (Å²) in [5.74, 6) is -4.45. The van der Waals surface area contributed by atoms with Crippen molar-refractivity contribution in [2.75, 3.05) is 0 Å². The maximum atomic E-state index is 15.0. The first kappa shape index (κ1) is 24.1. The standard InChI is InChI=1S/C23H21F4NO5/c1-11(2)32-22(31)12(3)18-13(4)28(16-9-10-17(29)20(24)19(16)18)21(30)14-5-7-15(8-6-14)33-23(25,26)27/h5-12,29H,1-4H3/t12-/m1/s1. The molecule has 0 saturated heterocycles. The fourth-order valence-electron chi connectivity index (χ4n) is 3.65. The number of phenols is 1. The van der Waals surface area contributed by atoms with Crippen molar-refractivity contribution in [1.29, 1.82) is 0 Å². The lowest BCUT2D eigenvalue weighted by Crippen LogP contribution is -2.19. The molecule has 0 spiro atoms. The van der Waals surface area contributed by atoms with E-state index in [2.05, 4.69) is 4.74 Å². The lowest BCUT2D eigenvalue weighted by atomic mass is 9.97. The Balaban J connectivity index is 2.14. The fraction of sp³-hybridized carbons (Fsp3) is 0.304. The predicted octanol–water partition coefficient (Wildman–Crippen LogP) is 5.44. The average Bonchev–Trinajstić information content (AvgIpc) is 3.01. The Kier molecular flexibility index (Phi) is 6.40. The summed E-state index contributed by atoms with van der Waals surface area (Å²) in [5.41, 5.74) is 0.474. The van der Waals surface area contributed by atoms with E-state index < -0.39 is 47.6 Å². The van der Waals surface area contributed by atoms with E-state index >= 15 is 0 Å². The lowest BCUT2D eigenvalue weighted by molar-refractivity contribution is -0.274. The average molecular weight is 467 g/mol. The lowest BCUT2D eigenvalue weighted by Gasteiger charge is -2.15. The van der Waals surface area contributed by atoms with Crippen LogP contribution in [0.15, 0.2) is 36.4 Å². The molecule has 3 aromatic rings. The Morgan fingerprint density at radius 3 is 2.18 bits per heavy atom. The zero-order chi connectivity index (χ0) is 24.7. The molecule has 0 radical (unpaired) electrons. The number of carbonyl (C=O) groups is 2. The second-order valence-corrected chi connectivity index (χ2v) is 7.71. The van der Waals surface area contributed by atoms with Crippen molar-refractivity contribution in [3.63, 3.8) is 0 Å². The molecular weight excluding hydrogens is 446 g/mol. The van der Waals surface area contributed by atoms with E-state index in [1.807, 2.05) is 0 Å². The summed E-state index contributed by atoms with van der Waals surface area (Å²) in [4.78, 5) is 25.8. The van der Waals surface area contributed by atoms with Crippen LogP contribution in [0.4, 0.5) is 17.6 Å². The molecule has 1 atom stereocenters. The highest BCUT2D eigenvalue weighted by molar-refractivity contribution is 6.05. The number of phenolic OH excluding ortho intramolecular Hbond substituents is 1. The maximum Gasteiger partial charge on any atom is 0.573 e. The van der Waals surface area contributed by atoms with Gasteiger partial charge in [0.15, 0.2) is 11.6 Å². The second kappa shape index (κ2) is 8.76. The number of aromatic nitrogens is 1. The molecule has 0 saturated carbocycles. The smallest absolute Gasteiger partial charge is 0.505 e. The van der Waals surface area contributed by atoms with Crippen LogP contribution in [0.5, 0.6) is 11.5 Å². The van der Waals surface area contributed by atoms with Gasteiger partial charge in [0.25, 0.3) is 5.91 Å². The molecule has 1 N–H and O–H groups in total. The number of esters is 1. The number of fused-ring (bicyclic) bond motifs is 1. The number of hydrogen-bond donors (Lipinski definition) is 1. The number of alkyl halides is 3. The Hall–Kier alpha value is -3.56. The highest BCUT2D eigenvalue weighted by Gasteiger charge is 2.32. The molecule has 176 valence electrons. The van der Waals surface area contributed by atoms with Gasteiger partial charge in [0, 0.05) is 16.6 Å². The molecule has 2 aromatic carbocycles. The van der Waals surface area contributed by atoms with E-state index in [0.717, 1.165) is 34.9 Å². The third-order valence-electron chi connectivity index (χ3n) is 5.01. The molecule has 0 amide bonds. The molecule has 0 bridgehead atoms. The molecule has 1 aromatic heterocycles. The minimum absolute atomic E-state index is 0.00182. The number of hydrogen-bond acceptors (Lipinski definition) is 5. The molecule has 0 aliphatic rings. The first-order valence-electron chi connectivity index (χ1n) is 9.95. The molecule has 3 rings (SSSR count). The van der Waals surface area contributed by atoms with E-state index in [1.165, 1.54) is 19.9 Å². The van der Waals surface area contributed by atoms with Gasteiger partial charge in [-0.3, -0.25) is 14.2 Å². The number of carbonyl (C=O) groups excluding carboxylic acids is 2. The van der Waals surface area contributed by atoms with Crippen molar-refractivity contribution in [2.45, 2.75) is 46.1 Å². The molecule has 0 fully saturated rings. The van der Waals surface area contributed by atoms with E-state index in [1.54, 1.807) is 13.8 Å². The monoisotopic (exact) mass is 467 g/mol. The van der Waals surface area contributed by atoms with Crippen molar-refractivity contribution >= 4 is 22.8 Å². The summed E-state index contributed by atoms with van der Waals surface area (Å²) < 4.78 is 62.3. The first-order chi connectivity index (χ1) is 15.3. The number of aromatic hydroxyl groups is 1. The van der Waals surface area contributed by atoms with Crippen LogP contribution < -0.4 is 4.74 Å². The van der Waals surface area contributed by atoms with Crippen molar-refractivity contribution in [3.8, 4) is 11.5 Å².